The van der Waals surface area contributed by atoms with Gasteiger partial charge in [0, 0.05) is 19.2 Å². The molecule has 6 nitrogen and oxygen atoms in total. The Kier molecular flexibility index (Phi) is 3.68. The lowest BCUT2D eigenvalue weighted by atomic mass is 10.1. The van der Waals surface area contributed by atoms with Gasteiger partial charge in [-0.1, -0.05) is 12.1 Å². The van der Waals surface area contributed by atoms with Crippen molar-refractivity contribution >= 4 is 5.91 Å². The first-order valence-electron chi connectivity index (χ1n) is 6.85. The van der Waals surface area contributed by atoms with E-state index < -0.39 is 0 Å². The SMILES string of the molecule is O=C(c1ccccc1Oc1cn[nH]c(=O)c1)N1CCCC1. The minimum absolute atomic E-state index is 0.0408. The molecule has 3 rings (SSSR count). The monoisotopic (exact) mass is 285 g/mol. The van der Waals surface area contributed by atoms with Gasteiger partial charge in [-0.3, -0.25) is 9.59 Å². The first kappa shape index (κ1) is 13.4. The summed E-state index contributed by atoms with van der Waals surface area (Å²) in [6.45, 7) is 1.56. The van der Waals surface area contributed by atoms with Crippen molar-refractivity contribution in [2.24, 2.45) is 0 Å². The number of aromatic nitrogens is 2. The molecule has 1 saturated heterocycles. The summed E-state index contributed by atoms with van der Waals surface area (Å²) in [5.41, 5.74) is 0.149. The standard InChI is InChI=1S/C15H15N3O3/c19-14-9-11(10-16-17-14)21-13-6-2-1-5-12(13)15(20)18-7-3-4-8-18/h1-2,5-6,9-10H,3-4,7-8H2,(H,17,19). The molecule has 1 amide bonds. The van der Waals surface area contributed by atoms with Crippen molar-refractivity contribution in [2.45, 2.75) is 12.8 Å². The number of carbonyl (C=O) groups is 1. The maximum absolute atomic E-state index is 12.5. The van der Waals surface area contributed by atoms with E-state index in [1.165, 1.54) is 12.3 Å². The van der Waals surface area contributed by atoms with Crippen LogP contribution in [0.25, 0.3) is 0 Å². The Balaban J connectivity index is 1.88. The minimum atomic E-state index is -0.351. The van der Waals surface area contributed by atoms with Crippen LogP contribution < -0.4 is 10.3 Å². The lowest BCUT2D eigenvalue weighted by Crippen LogP contribution is -2.27. The highest BCUT2D eigenvalue weighted by atomic mass is 16.5. The molecule has 21 heavy (non-hydrogen) atoms. The number of para-hydroxylation sites is 1. The molecule has 6 heteroatoms. The number of aromatic amines is 1. The van der Waals surface area contributed by atoms with Crippen LogP contribution in [0, 0.1) is 0 Å². The fraction of sp³-hybridized carbons (Fsp3) is 0.267. The first-order valence-corrected chi connectivity index (χ1v) is 6.85. The van der Waals surface area contributed by atoms with Gasteiger partial charge in [-0.15, -0.1) is 0 Å². The number of benzene rings is 1. The lowest BCUT2D eigenvalue weighted by Gasteiger charge is -2.17. The van der Waals surface area contributed by atoms with E-state index in [1.807, 2.05) is 4.90 Å². The Morgan fingerprint density at radius 2 is 2.00 bits per heavy atom. The summed E-state index contributed by atoms with van der Waals surface area (Å²) in [5, 5.41) is 5.95. The van der Waals surface area contributed by atoms with E-state index in [1.54, 1.807) is 24.3 Å². The number of rotatable bonds is 3. The van der Waals surface area contributed by atoms with Crippen molar-refractivity contribution in [1.82, 2.24) is 15.1 Å². The van der Waals surface area contributed by atoms with E-state index >= 15 is 0 Å². The van der Waals surface area contributed by atoms with Gasteiger partial charge in [0.25, 0.3) is 11.5 Å². The molecular formula is C15H15N3O3. The smallest absolute Gasteiger partial charge is 0.267 e. The summed E-state index contributed by atoms with van der Waals surface area (Å²) < 4.78 is 5.64. The van der Waals surface area contributed by atoms with Crippen molar-refractivity contribution in [2.75, 3.05) is 13.1 Å². The van der Waals surface area contributed by atoms with Gasteiger partial charge >= 0.3 is 0 Å². The highest BCUT2D eigenvalue weighted by Crippen LogP contribution is 2.26. The number of nitrogens with zero attached hydrogens (tertiary/aromatic N) is 2. The van der Waals surface area contributed by atoms with Crippen LogP contribution in [0.4, 0.5) is 0 Å². The van der Waals surface area contributed by atoms with E-state index in [2.05, 4.69) is 10.2 Å². The molecule has 1 aliphatic heterocycles. The van der Waals surface area contributed by atoms with Crippen LogP contribution in [-0.2, 0) is 0 Å². The molecule has 0 saturated carbocycles. The molecule has 1 aromatic carbocycles. The molecule has 1 fully saturated rings. The highest BCUT2D eigenvalue weighted by molar-refractivity contribution is 5.97. The molecule has 0 spiro atoms. The molecule has 0 unspecified atom stereocenters. The average Bonchev–Trinajstić information content (AvgIpc) is 3.01. The number of amides is 1. The van der Waals surface area contributed by atoms with Crippen LogP contribution >= 0.6 is 0 Å². The van der Waals surface area contributed by atoms with Crippen LogP contribution in [0.5, 0.6) is 11.5 Å². The van der Waals surface area contributed by atoms with E-state index in [9.17, 15) is 9.59 Å². The number of hydrogen-bond acceptors (Lipinski definition) is 4. The second-order valence-corrected chi connectivity index (χ2v) is 4.88. The van der Waals surface area contributed by atoms with Crippen molar-refractivity contribution in [3.05, 3.63) is 52.4 Å². The molecule has 0 bridgehead atoms. The molecule has 1 aromatic heterocycles. The van der Waals surface area contributed by atoms with Crippen LogP contribution in [0.15, 0.2) is 41.3 Å². The van der Waals surface area contributed by atoms with Crippen LogP contribution in [0.3, 0.4) is 0 Å². The summed E-state index contributed by atoms with van der Waals surface area (Å²) in [4.78, 5) is 25.5. The zero-order valence-corrected chi connectivity index (χ0v) is 11.4. The Hall–Kier alpha value is -2.63. The van der Waals surface area contributed by atoms with Gasteiger partial charge in [0.05, 0.1) is 11.8 Å². The Morgan fingerprint density at radius 3 is 2.76 bits per heavy atom. The van der Waals surface area contributed by atoms with Crippen molar-refractivity contribution in [3.8, 4) is 11.5 Å². The number of likely N-dealkylation sites (tertiary alicyclic amines) is 1. The van der Waals surface area contributed by atoms with Gasteiger partial charge in [0.1, 0.15) is 5.75 Å². The fourth-order valence-electron chi connectivity index (χ4n) is 2.36. The van der Waals surface area contributed by atoms with Gasteiger partial charge in [0.15, 0.2) is 5.75 Å². The second-order valence-electron chi connectivity index (χ2n) is 4.88. The molecule has 108 valence electrons. The largest absolute Gasteiger partial charge is 0.455 e. The predicted octanol–water partition coefficient (Wildman–Crippen LogP) is 1.80. The lowest BCUT2D eigenvalue weighted by molar-refractivity contribution is 0.0790. The molecule has 2 heterocycles. The normalized spacial score (nSPS) is 14.2. The molecule has 1 N–H and O–H groups in total. The Bertz CT molecular complexity index is 705. The van der Waals surface area contributed by atoms with Crippen LogP contribution in [0.1, 0.15) is 23.2 Å². The van der Waals surface area contributed by atoms with Crippen LogP contribution in [-0.4, -0.2) is 34.1 Å². The summed E-state index contributed by atoms with van der Waals surface area (Å²) >= 11 is 0. The maximum atomic E-state index is 12.5. The van der Waals surface area contributed by atoms with Crippen LogP contribution in [0.2, 0.25) is 0 Å². The van der Waals surface area contributed by atoms with Crippen molar-refractivity contribution in [3.63, 3.8) is 0 Å². The zero-order chi connectivity index (χ0) is 14.7. The average molecular weight is 285 g/mol. The molecule has 2 aromatic rings. The Labute approximate surface area is 121 Å². The molecule has 0 atom stereocenters. The fourth-order valence-corrected chi connectivity index (χ4v) is 2.36. The van der Waals surface area contributed by atoms with Crippen molar-refractivity contribution < 1.29 is 9.53 Å². The summed E-state index contributed by atoms with van der Waals surface area (Å²) in [6, 6.07) is 8.33. The van der Waals surface area contributed by atoms with Gasteiger partial charge in [-0.05, 0) is 25.0 Å². The number of ether oxygens (including phenoxy) is 1. The van der Waals surface area contributed by atoms with E-state index in [4.69, 9.17) is 4.74 Å². The molecule has 0 radical (unpaired) electrons. The van der Waals surface area contributed by atoms with E-state index in [0.717, 1.165) is 25.9 Å². The second kappa shape index (κ2) is 5.78. The zero-order valence-electron chi connectivity index (χ0n) is 11.4. The quantitative estimate of drug-likeness (QED) is 0.933. The molecular weight excluding hydrogens is 270 g/mol. The predicted molar refractivity (Wildman–Crippen MR) is 76.5 cm³/mol. The number of carbonyl (C=O) groups excluding carboxylic acids is 1. The van der Waals surface area contributed by atoms with Gasteiger partial charge in [-0.25, -0.2) is 5.10 Å². The summed E-state index contributed by atoms with van der Waals surface area (Å²) in [6.07, 6.45) is 3.47. The summed E-state index contributed by atoms with van der Waals surface area (Å²) in [7, 11) is 0. The van der Waals surface area contributed by atoms with E-state index in [0.29, 0.717) is 17.1 Å². The summed E-state index contributed by atoms with van der Waals surface area (Å²) in [5.74, 6) is 0.697. The third-order valence-corrected chi connectivity index (χ3v) is 3.38. The highest BCUT2D eigenvalue weighted by Gasteiger charge is 2.22. The van der Waals surface area contributed by atoms with Gasteiger partial charge in [0.2, 0.25) is 0 Å². The number of hydrogen-bond donors (Lipinski definition) is 1. The maximum Gasteiger partial charge on any atom is 0.267 e. The van der Waals surface area contributed by atoms with E-state index in [-0.39, 0.29) is 11.5 Å². The Morgan fingerprint density at radius 1 is 1.24 bits per heavy atom. The molecule has 0 aliphatic carbocycles. The minimum Gasteiger partial charge on any atom is -0.455 e. The molecule has 1 aliphatic rings. The third-order valence-electron chi connectivity index (χ3n) is 3.38. The third kappa shape index (κ3) is 2.94. The van der Waals surface area contributed by atoms with Gasteiger partial charge in [-0.2, -0.15) is 5.10 Å². The van der Waals surface area contributed by atoms with Gasteiger partial charge < -0.3 is 9.64 Å². The topological polar surface area (TPSA) is 75.3 Å². The number of H-pyrrole nitrogens is 1. The number of nitrogens with one attached hydrogen (secondary N) is 1. The van der Waals surface area contributed by atoms with Crippen molar-refractivity contribution in [1.29, 1.82) is 0 Å². The first-order chi connectivity index (χ1) is 10.2.